The Morgan fingerprint density at radius 2 is 2.00 bits per heavy atom. The number of nitrogens with zero attached hydrogens (tertiary/aromatic N) is 1. The van der Waals surface area contributed by atoms with Crippen molar-refractivity contribution < 1.29 is 9.53 Å². The summed E-state index contributed by atoms with van der Waals surface area (Å²) < 4.78 is 5.07. The number of hydrogen-bond acceptors (Lipinski definition) is 2. The number of piperidine rings is 1. The normalized spacial score (nSPS) is 24.8. The molecule has 0 unspecified atom stereocenters. The fraction of sp³-hybridized carbons (Fsp3) is 0.909. The molecule has 0 N–H and O–H groups in total. The Morgan fingerprint density at radius 3 is 2.50 bits per heavy atom. The molecule has 0 aromatic carbocycles. The van der Waals surface area contributed by atoms with Crippen LogP contribution >= 0.6 is 0 Å². The second-order valence-corrected chi connectivity index (χ2v) is 4.67. The molecule has 3 heteroatoms. The van der Waals surface area contributed by atoms with E-state index < -0.39 is 0 Å². The van der Waals surface area contributed by atoms with Gasteiger partial charge in [0.25, 0.3) is 0 Å². The first kappa shape index (κ1) is 9.97. The third kappa shape index (κ3) is 2.27. The molecule has 2 heterocycles. The van der Waals surface area contributed by atoms with E-state index in [2.05, 4.69) is 6.92 Å². The van der Waals surface area contributed by atoms with Gasteiger partial charge in [0.2, 0.25) is 5.91 Å². The molecule has 0 aromatic heterocycles. The number of amides is 1. The molecule has 1 amide bonds. The van der Waals surface area contributed by atoms with Gasteiger partial charge in [-0.3, -0.25) is 4.79 Å². The van der Waals surface area contributed by atoms with Crippen molar-refractivity contribution >= 4 is 5.91 Å². The number of hydrogen-bond donors (Lipinski definition) is 0. The van der Waals surface area contributed by atoms with Gasteiger partial charge in [-0.05, 0) is 18.8 Å². The summed E-state index contributed by atoms with van der Waals surface area (Å²) in [5.74, 6) is 1.64. The molecular weight excluding hydrogens is 178 g/mol. The van der Waals surface area contributed by atoms with E-state index in [4.69, 9.17) is 4.74 Å². The molecule has 0 bridgehead atoms. The molecule has 3 nitrogen and oxygen atoms in total. The van der Waals surface area contributed by atoms with Crippen LogP contribution in [0.4, 0.5) is 0 Å². The van der Waals surface area contributed by atoms with E-state index in [1.165, 1.54) is 12.8 Å². The van der Waals surface area contributed by atoms with E-state index in [1.54, 1.807) is 0 Å². The zero-order valence-corrected chi connectivity index (χ0v) is 8.87. The van der Waals surface area contributed by atoms with Crippen LogP contribution in [0.1, 0.15) is 26.2 Å². The van der Waals surface area contributed by atoms with Crippen LogP contribution in [0.25, 0.3) is 0 Å². The summed E-state index contributed by atoms with van der Waals surface area (Å²) in [5, 5.41) is 0. The van der Waals surface area contributed by atoms with Crippen LogP contribution in [0, 0.1) is 11.8 Å². The first-order valence-electron chi connectivity index (χ1n) is 5.61. The van der Waals surface area contributed by atoms with Crippen LogP contribution < -0.4 is 0 Å². The zero-order valence-electron chi connectivity index (χ0n) is 8.87. The molecule has 0 spiro atoms. The largest absolute Gasteiger partial charge is 0.381 e. The van der Waals surface area contributed by atoms with Crippen LogP contribution in [0.15, 0.2) is 0 Å². The van der Waals surface area contributed by atoms with Crippen molar-refractivity contribution in [2.45, 2.75) is 26.2 Å². The molecule has 2 saturated heterocycles. The standard InChI is InChI=1S/C11H19NO2/c1-9-2-4-12(5-3-9)11(13)6-10-7-14-8-10/h9-10H,2-8H2,1H3. The molecule has 0 aliphatic carbocycles. The second-order valence-electron chi connectivity index (χ2n) is 4.67. The van der Waals surface area contributed by atoms with Gasteiger partial charge in [0.1, 0.15) is 0 Å². The number of carbonyl (C=O) groups is 1. The maximum atomic E-state index is 11.8. The van der Waals surface area contributed by atoms with E-state index in [9.17, 15) is 4.79 Å². The van der Waals surface area contributed by atoms with Crippen LogP contribution in [0.2, 0.25) is 0 Å². The van der Waals surface area contributed by atoms with Crippen molar-refractivity contribution in [3.05, 3.63) is 0 Å². The summed E-state index contributed by atoms with van der Waals surface area (Å²) >= 11 is 0. The molecule has 14 heavy (non-hydrogen) atoms. The second kappa shape index (κ2) is 4.30. The molecule has 0 atom stereocenters. The number of rotatable bonds is 2. The summed E-state index contributed by atoms with van der Waals surface area (Å²) in [6.45, 7) is 5.77. The zero-order chi connectivity index (χ0) is 9.97. The monoisotopic (exact) mass is 197 g/mol. The van der Waals surface area contributed by atoms with Crippen molar-refractivity contribution in [3.8, 4) is 0 Å². The van der Waals surface area contributed by atoms with Crippen molar-refractivity contribution in [1.29, 1.82) is 0 Å². The first-order chi connectivity index (χ1) is 6.75. The Hall–Kier alpha value is -0.570. The van der Waals surface area contributed by atoms with Crippen molar-refractivity contribution in [2.24, 2.45) is 11.8 Å². The van der Waals surface area contributed by atoms with Crippen LogP contribution in [0.3, 0.4) is 0 Å². The van der Waals surface area contributed by atoms with Gasteiger partial charge in [-0.1, -0.05) is 6.92 Å². The minimum atomic E-state index is 0.338. The number of carbonyl (C=O) groups excluding carboxylic acids is 1. The predicted molar refractivity (Wildman–Crippen MR) is 53.9 cm³/mol. The smallest absolute Gasteiger partial charge is 0.223 e. The van der Waals surface area contributed by atoms with Gasteiger partial charge < -0.3 is 9.64 Å². The molecular formula is C11H19NO2. The van der Waals surface area contributed by atoms with Gasteiger partial charge >= 0.3 is 0 Å². The Morgan fingerprint density at radius 1 is 1.36 bits per heavy atom. The maximum absolute atomic E-state index is 11.8. The van der Waals surface area contributed by atoms with Gasteiger partial charge in [-0.15, -0.1) is 0 Å². The lowest BCUT2D eigenvalue weighted by atomic mass is 9.97. The van der Waals surface area contributed by atoms with Gasteiger partial charge in [0.15, 0.2) is 0 Å². The lowest BCUT2D eigenvalue weighted by Crippen LogP contribution is -2.41. The fourth-order valence-electron chi connectivity index (χ4n) is 2.04. The van der Waals surface area contributed by atoms with Crippen molar-refractivity contribution in [2.75, 3.05) is 26.3 Å². The van der Waals surface area contributed by atoms with Gasteiger partial charge in [0, 0.05) is 25.4 Å². The van der Waals surface area contributed by atoms with Gasteiger partial charge in [-0.2, -0.15) is 0 Å². The summed E-state index contributed by atoms with van der Waals surface area (Å²) in [7, 11) is 0. The van der Waals surface area contributed by atoms with E-state index in [-0.39, 0.29) is 0 Å². The minimum Gasteiger partial charge on any atom is -0.381 e. The van der Waals surface area contributed by atoms with Gasteiger partial charge in [-0.25, -0.2) is 0 Å². The summed E-state index contributed by atoms with van der Waals surface area (Å²) in [4.78, 5) is 13.8. The van der Waals surface area contributed by atoms with E-state index in [1.807, 2.05) is 4.90 Å². The first-order valence-corrected chi connectivity index (χ1v) is 5.61. The quantitative estimate of drug-likeness (QED) is 0.667. The highest BCUT2D eigenvalue weighted by Gasteiger charge is 2.26. The Bertz CT molecular complexity index is 205. The Kier molecular flexibility index (Phi) is 3.06. The predicted octanol–water partition coefficient (Wildman–Crippen LogP) is 1.28. The Labute approximate surface area is 85.4 Å². The van der Waals surface area contributed by atoms with E-state index in [0.29, 0.717) is 18.2 Å². The fourth-order valence-corrected chi connectivity index (χ4v) is 2.04. The van der Waals surface area contributed by atoms with Gasteiger partial charge in [0.05, 0.1) is 13.2 Å². The highest BCUT2D eigenvalue weighted by atomic mass is 16.5. The summed E-state index contributed by atoms with van der Waals surface area (Å²) in [6.07, 6.45) is 3.05. The molecule has 2 aliphatic heterocycles. The average Bonchev–Trinajstić information content (AvgIpc) is 2.12. The molecule has 0 saturated carbocycles. The third-order valence-electron chi connectivity index (χ3n) is 3.31. The lowest BCUT2D eigenvalue weighted by molar-refractivity contribution is -0.137. The summed E-state index contributed by atoms with van der Waals surface area (Å²) in [5.41, 5.74) is 0. The molecule has 0 radical (unpaired) electrons. The van der Waals surface area contributed by atoms with Crippen LogP contribution in [-0.4, -0.2) is 37.1 Å². The maximum Gasteiger partial charge on any atom is 0.223 e. The van der Waals surface area contributed by atoms with Crippen molar-refractivity contribution in [3.63, 3.8) is 0 Å². The lowest BCUT2D eigenvalue weighted by Gasteiger charge is -2.33. The molecule has 0 aromatic rings. The highest BCUT2D eigenvalue weighted by molar-refractivity contribution is 5.76. The number of likely N-dealkylation sites (tertiary alicyclic amines) is 1. The minimum absolute atomic E-state index is 0.338. The average molecular weight is 197 g/mol. The van der Waals surface area contributed by atoms with E-state index >= 15 is 0 Å². The topological polar surface area (TPSA) is 29.5 Å². The summed E-state index contributed by atoms with van der Waals surface area (Å²) in [6, 6.07) is 0. The SMILES string of the molecule is CC1CCN(C(=O)CC2COC2)CC1. The van der Waals surface area contributed by atoms with E-state index in [0.717, 1.165) is 32.2 Å². The van der Waals surface area contributed by atoms with Crippen LogP contribution in [-0.2, 0) is 9.53 Å². The van der Waals surface area contributed by atoms with Crippen LogP contribution in [0.5, 0.6) is 0 Å². The third-order valence-corrected chi connectivity index (χ3v) is 3.31. The highest BCUT2D eigenvalue weighted by Crippen LogP contribution is 2.20. The molecule has 2 aliphatic rings. The molecule has 2 fully saturated rings. The number of ether oxygens (including phenoxy) is 1. The van der Waals surface area contributed by atoms with Crippen molar-refractivity contribution in [1.82, 2.24) is 4.90 Å². The Balaban J connectivity index is 1.74. The molecule has 2 rings (SSSR count). The molecule has 80 valence electrons.